The number of hydrogen-bond donors (Lipinski definition) is 0. The molecule has 0 heterocycles. The summed E-state index contributed by atoms with van der Waals surface area (Å²) in [6.45, 7) is 3.05. The first-order valence-electron chi connectivity index (χ1n) is 8.90. The normalized spacial score (nSPS) is 11.9. The predicted molar refractivity (Wildman–Crippen MR) is 99.6 cm³/mol. The number of hydrogen-bond acceptors (Lipinski definition) is 7. The number of halogens is 4. The first-order chi connectivity index (χ1) is 14.4. The van der Waals surface area contributed by atoms with Gasteiger partial charge < -0.3 is 4.18 Å². The van der Waals surface area contributed by atoms with E-state index in [0.717, 1.165) is 31.5 Å². The second-order valence-corrected chi connectivity index (χ2v) is 7.95. The second-order valence-electron chi connectivity index (χ2n) is 6.41. The molecule has 0 amide bonds. The van der Waals surface area contributed by atoms with E-state index in [1.165, 1.54) is 0 Å². The molecule has 0 unspecified atom stereocenters. The Balaban J connectivity index is 2.62. The molecular formula is C19H17F4NO6S. The topological polar surface area (TPSA) is 103 Å². The number of nitriles is 1. The van der Waals surface area contributed by atoms with Gasteiger partial charge in [0.05, 0.1) is 24.7 Å². The van der Waals surface area contributed by atoms with Crippen LogP contribution >= 0.6 is 0 Å². The molecule has 0 aliphatic carbocycles. The molecule has 0 spiro atoms. The molecule has 31 heavy (non-hydrogen) atoms. The van der Waals surface area contributed by atoms with Crippen LogP contribution < -0.4 is 4.18 Å². The number of carbonyl (C=O) groups excluding carboxylic acids is 1. The van der Waals surface area contributed by atoms with Gasteiger partial charge in [0.15, 0.2) is 5.75 Å². The van der Waals surface area contributed by atoms with Crippen molar-refractivity contribution in [2.75, 3.05) is 6.61 Å². The van der Waals surface area contributed by atoms with E-state index in [1.807, 2.05) is 6.92 Å². The maximum Gasteiger partial charge on any atom is 0.534 e. The molecule has 2 aromatic carbocycles. The monoisotopic (exact) mass is 463 g/mol. The Kier molecular flexibility index (Phi) is 7.45. The van der Waals surface area contributed by atoms with Gasteiger partial charge in [-0.1, -0.05) is 13.3 Å². The van der Waals surface area contributed by atoms with Gasteiger partial charge in [0, 0.05) is 16.3 Å². The molecule has 0 fully saturated rings. The minimum absolute atomic E-state index is 0.0214. The summed E-state index contributed by atoms with van der Waals surface area (Å²) in [5.41, 5.74) is -6.60. The maximum atomic E-state index is 14.9. The molecule has 0 bridgehead atoms. The molecular weight excluding hydrogens is 446 g/mol. The lowest BCUT2D eigenvalue weighted by molar-refractivity contribution is -0.272. The summed E-state index contributed by atoms with van der Waals surface area (Å²) in [5, 5.41) is 8.27. The minimum atomic E-state index is -6.14. The van der Waals surface area contributed by atoms with Crippen LogP contribution in [0, 0.1) is 24.1 Å². The first kappa shape index (κ1) is 24.4. The van der Waals surface area contributed by atoms with Crippen LogP contribution in [0.2, 0.25) is 0 Å². The molecule has 168 valence electrons. The van der Waals surface area contributed by atoms with Crippen LogP contribution in [0.4, 0.5) is 17.6 Å². The van der Waals surface area contributed by atoms with Gasteiger partial charge in [0.1, 0.15) is 5.82 Å². The highest BCUT2D eigenvalue weighted by molar-refractivity contribution is 7.88. The van der Waals surface area contributed by atoms with Gasteiger partial charge in [-0.25, -0.2) is 9.18 Å². The Hall–Kier alpha value is -2.91. The Bertz CT molecular complexity index is 1140. The number of unbranched alkanes of at least 4 members (excludes halogenated alkanes) is 1. The van der Waals surface area contributed by atoms with Gasteiger partial charge in [-0.2, -0.15) is 31.7 Å². The molecule has 2 rings (SSSR count). The van der Waals surface area contributed by atoms with E-state index in [1.54, 1.807) is 6.07 Å². The summed E-state index contributed by atoms with van der Waals surface area (Å²) in [5.74, 6) is -2.94. The number of fused-ring (bicyclic) bond motifs is 1. The van der Waals surface area contributed by atoms with Crippen molar-refractivity contribution in [3.05, 3.63) is 40.7 Å². The van der Waals surface area contributed by atoms with Gasteiger partial charge >= 0.3 is 21.6 Å². The third kappa shape index (κ3) is 5.42. The average molecular weight is 463 g/mol. The van der Waals surface area contributed by atoms with E-state index in [4.69, 9.17) is 5.26 Å². The lowest BCUT2D eigenvalue weighted by Gasteiger charge is -2.18. The number of benzene rings is 2. The van der Waals surface area contributed by atoms with E-state index in [2.05, 4.69) is 14.0 Å². The quantitative estimate of drug-likeness (QED) is 0.144. The van der Waals surface area contributed by atoms with Crippen LogP contribution in [0.25, 0.3) is 10.8 Å². The minimum Gasteiger partial charge on any atom is -0.375 e. The molecule has 0 radical (unpaired) electrons. The Morgan fingerprint density at radius 3 is 2.48 bits per heavy atom. The highest BCUT2D eigenvalue weighted by atomic mass is 32.2. The molecule has 0 aromatic heterocycles. The average Bonchev–Trinajstić information content (AvgIpc) is 2.70. The van der Waals surface area contributed by atoms with Crippen LogP contribution in [0.1, 0.15) is 36.5 Å². The third-order valence-electron chi connectivity index (χ3n) is 4.22. The molecule has 2 aromatic rings. The summed E-state index contributed by atoms with van der Waals surface area (Å²) in [4.78, 5) is 21.2. The van der Waals surface area contributed by atoms with Crippen molar-refractivity contribution < 1.29 is 44.7 Å². The molecule has 0 atom stereocenters. The largest absolute Gasteiger partial charge is 0.534 e. The standard InChI is InChI=1S/C19H17F4NO6S/c1-3-4-7-28-29-16(25)9-14-11(2)17(20)15-8-12(10-24)5-6-13(15)18(14)30-31(26,27)19(21,22)23/h5-6,8H,3-4,7,9H2,1-2H3. The van der Waals surface area contributed by atoms with Crippen molar-refractivity contribution >= 4 is 26.9 Å². The van der Waals surface area contributed by atoms with Crippen molar-refractivity contribution in [3.63, 3.8) is 0 Å². The Labute approximate surface area is 175 Å². The first-order valence-corrected chi connectivity index (χ1v) is 10.3. The predicted octanol–water partition coefficient (Wildman–Crippen LogP) is 4.20. The third-order valence-corrected chi connectivity index (χ3v) is 5.17. The van der Waals surface area contributed by atoms with Gasteiger partial charge in [-0.15, -0.1) is 0 Å². The molecule has 7 nitrogen and oxygen atoms in total. The van der Waals surface area contributed by atoms with Gasteiger partial charge in [0.25, 0.3) is 0 Å². The zero-order valence-corrected chi connectivity index (χ0v) is 17.2. The fourth-order valence-corrected chi connectivity index (χ4v) is 3.11. The molecule has 0 N–H and O–H groups in total. The van der Waals surface area contributed by atoms with Crippen LogP contribution in [-0.4, -0.2) is 26.5 Å². The smallest absolute Gasteiger partial charge is 0.375 e. The van der Waals surface area contributed by atoms with E-state index < -0.39 is 45.1 Å². The summed E-state index contributed by atoms with van der Waals surface area (Å²) in [6, 6.07) is 4.94. The van der Waals surface area contributed by atoms with Crippen molar-refractivity contribution in [3.8, 4) is 11.8 Å². The van der Waals surface area contributed by atoms with E-state index in [0.29, 0.717) is 6.42 Å². The lowest BCUT2D eigenvalue weighted by atomic mass is 9.96. The van der Waals surface area contributed by atoms with Gasteiger partial charge in [0.2, 0.25) is 0 Å². The fourth-order valence-electron chi connectivity index (χ4n) is 2.61. The van der Waals surface area contributed by atoms with Crippen LogP contribution in [-0.2, 0) is 31.1 Å². The molecule has 0 aliphatic heterocycles. The summed E-state index contributed by atoms with van der Waals surface area (Å²) in [6.07, 6.45) is 0.481. The summed E-state index contributed by atoms with van der Waals surface area (Å²) >= 11 is 0. The highest BCUT2D eigenvalue weighted by Gasteiger charge is 2.49. The molecule has 0 aliphatic rings. The lowest BCUT2D eigenvalue weighted by Crippen LogP contribution is -2.29. The van der Waals surface area contributed by atoms with Gasteiger partial charge in [-0.3, -0.25) is 4.89 Å². The maximum absolute atomic E-state index is 14.9. The number of rotatable bonds is 8. The van der Waals surface area contributed by atoms with E-state index in [-0.39, 0.29) is 28.5 Å². The van der Waals surface area contributed by atoms with Crippen LogP contribution in [0.3, 0.4) is 0 Å². The summed E-state index contributed by atoms with van der Waals surface area (Å²) < 4.78 is 81.2. The highest BCUT2D eigenvalue weighted by Crippen LogP contribution is 2.39. The molecule has 0 saturated carbocycles. The number of carbonyl (C=O) groups is 1. The van der Waals surface area contributed by atoms with Crippen molar-refractivity contribution in [2.24, 2.45) is 0 Å². The molecule has 0 saturated heterocycles. The Morgan fingerprint density at radius 1 is 1.23 bits per heavy atom. The fraction of sp³-hybridized carbons (Fsp3) is 0.368. The zero-order chi connectivity index (χ0) is 23.4. The van der Waals surface area contributed by atoms with Crippen LogP contribution in [0.5, 0.6) is 5.75 Å². The van der Waals surface area contributed by atoms with E-state index in [9.17, 15) is 30.8 Å². The second kappa shape index (κ2) is 9.49. The van der Waals surface area contributed by atoms with Crippen molar-refractivity contribution in [1.82, 2.24) is 0 Å². The van der Waals surface area contributed by atoms with Crippen molar-refractivity contribution in [2.45, 2.75) is 38.6 Å². The SMILES string of the molecule is CCCCOOC(=O)Cc1c(C)c(F)c2cc(C#N)ccc2c1OS(=O)(=O)C(F)(F)F. The number of alkyl halides is 3. The molecule has 12 heteroatoms. The van der Waals surface area contributed by atoms with E-state index >= 15 is 0 Å². The summed E-state index contributed by atoms with van der Waals surface area (Å²) in [7, 11) is -6.14. The van der Waals surface area contributed by atoms with Gasteiger partial charge in [-0.05, 0) is 37.1 Å². The van der Waals surface area contributed by atoms with Crippen molar-refractivity contribution in [1.29, 1.82) is 5.26 Å². The number of nitrogens with zero attached hydrogens (tertiary/aromatic N) is 1. The Morgan fingerprint density at radius 2 is 1.90 bits per heavy atom. The zero-order valence-electron chi connectivity index (χ0n) is 16.4. The van der Waals surface area contributed by atoms with Crippen LogP contribution in [0.15, 0.2) is 18.2 Å².